The summed E-state index contributed by atoms with van der Waals surface area (Å²) in [5.74, 6) is 0.359. The summed E-state index contributed by atoms with van der Waals surface area (Å²) in [6, 6.07) is 12.3. The van der Waals surface area contributed by atoms with Gasteiger partial charge < -0.3 is 5.32 Å². The fourth-order valence-corrected chi connectivity index (χ4v) is 3.91. The highest BCUT2D eigenvalue weighted by molar-refractivity contribution is 7.99. The molecule has 6 heteroatoms. The van der Waals surface area contributed by atoms with Gasteiger partial charge in [0.15, 0.2) is 5.16 Å². The van der Waals surface area contributed by atoms with Crippen LogP contribution in [0.4, 0.5) is 0 Å². The molecule has 1 aromatic carbocycles. The third-order valence-electron chi connectivity index (χ3n) is 3.57. The van der Waals surface area contributed by atoms with Crippen LogP contribution < -0.4 is 5.32 Å². The minimum atomic E-state index is 0.0136. The summed E-state index contributed by atoms with van der Waals surface area (Å²) >= 11 is 3.10. The van der Waals surface area contributed by atoms with Crippen molar-refractivity contribution in [3.63, 3.8) is 0 Å². The van der Waals surface area contributed by atoms with Crippen LogP contribution >= 0.6 is 23.1 Å². The standard InChI is InChI=1S/C18H19N3OS2/c1-13-5-3-6-15(11-13)21-9-8-19-18(21)24-12-17(22)20-14(2)16-7-4-10-23-16/h3-11,14H,12H2,1-2H3,(H,20,22). The van der Waals surface area contributed by atoms with Gasteiger partial charge in [-0.25, -0.2) is 4.98 Å². The molecule has 0 fully saturated rings. The number of aromatic nitrogens is 2. The number of nitrogens with one attached hydrogen (secondary N) is 1. The lowest BCUT2D eigenvalue weighted by Crippen LogP contribution is -2.27. The Morgan fingerprint density at radius 3 is 3.00 bits per heavy atom. The van der Waals surface area contributed by atoms with Gasteiger partial charge in [0.25, 0.3) is 0 Å². The van der Waals surface area contributed by atoms with Crippen molar-refractivity contribution in [2.45, 2.75) is 25.0 Å². The number of thioether (sulfide) groups is 1. The molecule has 24 heavy (non-hydrogen) atoms. The molecule has 2 heterocycles. The van der Waals surface area contributed by atoms with Crippen molar-refractivity contribution in [1.29, 1.82) is 0 Å². The van der Waals surface area contributed by atoms with Crippen LogP contribution in [-0.4, -0.2) is 21.2 Å². The molecule has 0 saturated heterocycles. The molecule has 3 rings (SSSR count). The number of benzene rings is 1. The van der Waals surface area contributed by atoms with E-state index < -0.39 is 0 Å². The smallest absolute Gasteiger partial charge is 0.230 e. The van der Waals surface area contributed by atoms with Gasteiger partial charge in [0.1, 0.15) is 0 Å². The van der Waals surface area contributed by atoms with Gasteiger partial charge in [-0.15, -0.1) is 11.3 Å². The maximum Gasteiger partial charge on any atom is 0.230 e. The van der Waals surface area contributed by atoms with Crippen LogP contribution in [0.2, 0.25) is 0 Å². The van der Waals surface area contributed by atoms with E-state index in [0.29, 0.717) is 5.75 Å². The quantitative estimate of drug-likeness (QED) is 0.672. The van der Waals surface area contributed by atoms with E-state index in [1.54, 1.807) is 17.5 Å². The van der Waals surface area contributed by atoms with Crippen molar-refractivity contribution >= 4 is 29.0 Å². The first-order valence-electron chi connectivity index (χ1n) is 7.69. The summed E-state index contributed by atoms with van der Waals surface area (Å²) in [7, 11) is 0. The Bertz CT molecular complexity index is 811. The molecule has 0 radical (unpaired) electrons. The Morgan fingerprint density at radius 1 is 1.38 bits per heavy atom. The van der Waals surface area contributed by atoms with Crippen LogP contribution in [0.5, 0.6) is 0 Å². The van der Waals surface area contributed by atoms with E-state index in [2.05, 4.69) is 29.4 Å². The van der Waals surface area contributed by atoms with Gasteiger partial charge in [-0.1, -0.05) is 30.0 Å². The summed E-state index contributed by atoms with van der Waals surface area (Å²) < 4.78 is 2.01. The number of carbonyl (C=O) groups excluding carboxylic acids is 1. The summed E-state index contributed by atoms with van der Waals surface area (Å²) in [6.45, 7) is 4.06. The number of rotatable bonds is 6. The molecule has 1 N–H and O–H groups in total. The minimum absolute atomic E-state index is 0.0136. The van der Waals surface area contributed by atoms with E-state index in [4.69, 9.17) is 0 Å². The Kier molecular flexibility index (Phi) is 5.37. The molecule has 0 aliphatic heterocycles. The van der Waals surface area contributed by atoms with Gasteiger partial charge in [-0.05, 0) is 43.0 Å². The molecular formula is C18H19N3OS2. The van der Waals surface area contributed by atoms with Crippen molar-refractivity contribution in [1.82, 2.24) is 14.9 Å². The van der Waals surface area contributed by atoms with E-state index in [1.807, 2.05) is 47.3 Å². The van der Waals surface area contributed by atoms with E-state index in [9.17, 15) is 4.79 Å². The third-order valence-corrected chi connectivity index (χ3v) is 5.59. The van der Waals surface area contributed by atoms with E-state index in [1.165, 1.54) is 17.3 Å². The first-order chi connectivity index (χ1) is 11.6. The number of nitrogens with zero attached hydrogens (tertiary/aromatic N) is 2. The molecule has 2 aromatic heterocycles. The molecule has 3 aromatic rings. The molecular weight excluding hydrogens is 338 g/mol. The Labute approximate surface area is 149 Å². The molecule has 124 valence electrons. The SMILES string of the molecule is Cc1cccc(-n2ccnc2SCC(=O)NC(C)c2cccs2)c1. The van der Waals surface area contributed by atoms with Crippen molar-refractivity contribution in [3.05, 3.63) is 64.6 Å². The Hall–Kier alpha value is -2.05. The molecule has 0 bridgehead atoms. The number of thiophene rings is 1. The Morgan fingerprint density at radius 2 is 2.25 bits per heavy atom. The zero-order chi connectivity index (χ0) is 16.9. The van der Waals surface area contributed by atoms with Gasteiger partial charge >= 0.3 is 0 Å². The van der Waals surface area contributed by atoms with Crippen LogP contribution in [0.15, 0.2) is 59.3 Å². The molecule has 0 aliphatic rings. The second-order valence-corrected chi connectivity index (χ2v) is 7.43. The van der Waals surface area contributed by atoms with Gasteiger partial charge in [0.05, 0.1) is 11.8 Å². The van der Waals surface area contributed by atoms with Crippen molar-refractivity contribution in [2.24, 2.45) is 0 Å². The maximum atomic E-state index is 12.2. The van der Waals surface area contributed by atoms with Crippen molar-refractivity contribution in [3.8, 4) is 5.69 Å². The van der Waals surface area contributed by atoms with Gasteiger partial charge in [0, 0.05) is 23.0 Å². The molecule has 0 aliphatic carbocycles. The van der Waals surface area contributed by atoms with Crippen LogP contribution in [0.1, 0.15) is 23.4 Å². The summed E-state index contributed by atoms with van der Waals surface area (Å²) in [5.41, 5.74) is 2.25. The van der Waals surface area contributed by atoms with Gasteiger partial charge in [0.2, 0.25) is 5.91 Å². The molecule has 1 amide bonds. The lowest BCUT2D eigenvalue weighted by Gasteiger charge is -2.12. The third kappa shape index (κ3) is 4.07. The van der Waals surface area contributed by atoms with Crippen LogP contribution in [0.25, 0.3) is 5.69 Å². The number of carbonyl (C=O) groups is 1. The number of aryl methyl sites for hydroxylation is 1. The predicted octanol–water partition coefficient (Wildman–Crippen LogP) is 4.21. The van der Waals surface area contributed by atoms with Gasteiger partial charge in [-0.3, -0.25) is 9.36 Å². The zero-order valence-electron chi connectivity index (χ0n) is 13.6. The average Bonchev–Trinajstić information content (AvgIpc) is 3.24. The van der Waals surface area contributed by atoms with E-state index in [0.717, 1.165) is 15.7 Å². The fourth-order valence-electron chi connectivity index (χ4n) is 2.39. The van der Waals surface area contributed by atoms with Crippen LogP contribution in [0.3, 0.4) is 0 Å². The monoisotopic (exact) mass is 357 g/mol. The number of hydrogen-bond donors (Lipinski definition) is 1. The summed E-state index contributed by atoms with van der Waals surface area (Å²) in [4.78, 5) is 17.7. The highest BCUT2D eigenvalue weighted by atomic mass is 32.2. The average molecular weight is 358 g/mol. The normalized spacial score (nSPS) is 12.1. The lowest BCUT2D eigenvalue weighted by molar-refractivity contribution is -0.119. The first kappa shape index (κ1) is 16.8. The second kappa shape index (κ2) is 7.68. The highest BCUT2D eigenvalue weighted by Gasteiger charge is 2.13. The van der Waals surface area contributed by atoms with E-state index in [-0.39, 0.29) is 11.9 Å². The molecule has 0 saturated carbocycles. The van der Waals surface area contributed by atoms with E-state index >= 15 is 0 Å². The highest BCUT2D eigenvalue weighted by Crippen LogP contribution is 2.22. The maximum absolute atomic E-state index is 12.2. The molecule has 1 unspecified atom stereocenters. The first-order valence-corrected chi connectivity index (χ1v) is 9.56. The Balaban J connectivity index is 1.61. The zero-order valence-corrected chi connectivity index (χ0v) is 15.2. The number of hydrogen-bond acceptors (Lipinski definition) is 4. The molecule has 1 atom stereocenters. The lowest BCUT2D eigenvalue weighted by atomic mass is 10.2. The van der Waals surface area contributed by atoms with Crippen LogP contribution in [0, 0.1) is 6.92 Å². The van der Waals surface area contributed by atoms with Crippen molar-refractivity contribution < 1.29 is 4.79 Å². The second-order valence-electron chi connectivity index (χ2n) is 5.51. The van der Waals surface area contributed by atoms with Crippen molar-refractivity contribution in [2.75, 3.05) is 5.75 Å². The molecule has 4 nitrogen and oxygen atoms in total. The number of amides is 1. The topological polar surface area (TPSA) is 46.9 Å². The molecule has 0 spiro atoms. The van der Waals surface area contributed by atoms with Gasteiger partial charge in [-0.2, -0.15) is 0 Å². The summed E-state index contributed by atoms with van der Waals surface area (Å²) in [6.07, 6.45) is 3.68. The predicted molar refractivity (Wildman–Crippen MR) is 99.9 cm³/mol. The summed E-state index contributed by atoms with van der Waals surface area (Å²) in [5, 5.41) is 5.86. The minimum Gasteiger partial charge on any atom is -0.348 e. The van der Waals surface area contributed by atoms with Crippen LogP contribution in [-0.2, 0) is 4.79 Å². The fraction of sp³-hybridized carbons (Fsp3) is 0.222. The number of imidazole rings is 1. The largest absolute Gasteiger partial charge is 0.348 e.